The third kappa shape index (κ3) is 3.54. The first-order valence-electron chi connectivity index (χ1n) is 6.60. The Bertz CT molecular complexity index is 537. The maximum Gasteiger partial charge on any atom is 0.253 e. The van der Waals surface area contributed by atoms with Crippen LogP contribution in [0.15, 0.2) is 23.1 Å². The molecule has 6 heteroatoms. The van der Waals surface area contributed by atoms with E-state index in [1.54, 1.807) is 23.2 Å². The highest BCUT2D eigenvalue weighted by atomic mass is 32.2. The molecule has 1 aromatic rings. The van der Waals surface area contributed by atoms with Gasteiger partial charge >= 0.3 is 0 Å². The second kappa shape index (κ2) is 6.00. The largest absolute Gasteiger partial charge is 0.326 e. The molecule has 1 saturated heterocycles. The van der Waals surface area contributed by atoms with Gasteiger partial charge in [-0.3, -0.25) is 0 Å². The molecule has 0 spiro atoms. The Labute approximate surface area is 114 Å². The molecule has 1 fully saturated rings. The van der Waals surface area contributed by atoms with E-state index >= 15 is 0 Å². The lowest BCUT2D eigenvalue weighted by molar-refractivity contribution is 0.200. The van der Waals surface area contributed by atoms with Crippen LogP contribution in [0, 0.1) is 6.92 Å². The number of rotatable bonds is 4. The minimum Gasteiger partial charge on any atom is -0.326 e. The van der Waals surface area contributed by atoms with E-state index in [0.717, 1.165) is 37.1 Å². The average molecular weight is 283 g/mol. The fourth-order valence-electron chi connectivity index (χ4n) is 2.24. The van der Waals surface area contributed by atoms with Crippen LogP contribution < -0.4 is 10.6 Å². The monoisotopic (exact) mass is 283 g/mol. The molecule has 3 N–H and O–H groups in total. The highest BCUT2D eigenvalue weighted by molar-refractivity contribution is 7.89. The van der Waals surface area contributed by atoms with Gasteiger partial charge in [-0.05, 0) is 43.0 Å². The van der Waals surface area contributed by atoms with Crippen LogP contribution in [0.3, 0.4) is 0 Å². The third-order valence-electron chi connectivity index (χ3n) is 3.46. The van der Waals surface area contributed by atoms with E-state index in [1.165, 1.54) is 6.42 Å². The normalized spacial score (nSPS) is 17.6. The Hall–Kier alpha value is -0.950. The number of hydrazine groups is 1. The summed E-state index contributed by atoms with van der Waals surface area (Å²) in [7, 11) is -3.49. The van der Waals surface area contributed by atoms with E-state index in [9.17, 15) is 8.42 Å². The lowest BCUT2D eigenvalue weighted by atomic mass is 10.1. The van der Waals surface area contributed by atoms with E-state index in [2.05, 4.69) is 4.83 Å². The number of piperidine rings is 1. The molecule has 0 unspecified atom stereocenters. The smallest absolute Gasteiger partial charge is 0.253 e. The van der Waals surface area contributed by atoms with Gasteiger partial charge in [0.05, 0.1) is 4.90 Å². The minimum atomic E-state index is -3.49. The van der Waals surface area contributed by atoms with E-state index in [-0.39, 0.29) is 4.90 Å². The Morgan fingerprint density at radius 3 is 2.58 bits per heavy atom. The predicted octanol–water partition coefficient (Wildman–Crippen LogP) is 1.13. The highest BCUT2D eigenvalue weighted by Gasteiger charge is 2.20. The maximum atomic E-state index is 12.3. The zero-order valence-electron chi connectivity index (χ0n) is 11.2. The summed E-state index contributed by atoms with van der Waals surface area (Å²) in [4.78, 5) is 2.93. The van der Waals surface area contributed by atoms with Crippen molar-refractivity contribution in [2.75, 3.05) is 13.1 Å². The van der Waals surface area contributed by atoms with Gasteiger partial charge < -0.3 is 5.73 Å². The fraction of sp³-hybridized carbons (Fsp3) is 0.538. The summed E-state index contributed by atoms with van der Waals surface area (Å²) in [5.74, 6) is 0. The summed E-state index contributed by atoms with van der Waals surface area (Å²) in [5.41, 5.74) is 7.50. The molecule has 0 bridgehead atoms. The average Bonchev–Trinajstić information content (AvgIpc) is 2.39. The van der Waals surface area contributed by atoms with Gasteiger partial charge in [0.2, 0.25) is 0 Å². The van der Waals surface area contributed by atoms with E-state index in [1.807, 2.05) is 6.92 Å². The predicted molar refractivity (Wildman–Crippen MR) is 74.8 cm³/mol. The van der Waals surface area contributed by atoms with Gasteiger partial charge in [-0.15, -0.1) is 4.83 Å². The van der Waals surface area contributed by atoms with Crippen LogP contribution in [0.1, 0.15) is 30.4 Å². The van der Waals surface area contributed by atoms with Crippen molar-refractivity contribution in [3.05, 3.63) is 29.3 Å². The topological polar surface area (TPSA) is 75.4 Å². The minimum absolute atomic E-state index is 0.282. The summed E-state index contributed by atoms with van der Waals surface area (Å²) < 4.78 is 24.6. The molecule has 5 nitrogen and oxygen atoms in total. The first-order chi connectivity index (χ1) is 9.03. The molecule has 19 heavy (non-hydrogen) atoms. The van der Waals surface area contributed by atoms with Crippen molar-refractivity contribution in [3.63, 3.8) is 0 Å². The molecule has 1 aromatic carbocycles. The molecule has 0 saturated carbocycles. The molecule has 1 heterocycles. The van der Waals surface area contributed by atoms with E-state index in [0.29, 0.717) is 6.54 Å². The molecule has 2 rings (SSSR count). The lowest BCUT2D eigenvalue weighted by Crippen LogP contribution is -2.44. The number of sulfonamides is 1. The van der Waals surface area contributed by atoms with Crippen molar-refractivity contribution in [1.29, 1.82) is 0 Å². The molecule has 1 aliphatic rings. The molecule has 0 amide bonds. The summed E-state index contributed by atoms with van der Waals surface area (Å²) in [6.07, 6.45) is 3.23. The van der Waals surface area contributed by atoms with Crippen LogP contribution in [0.4, 0.5) is 0 Å². The number of nitrogens with zero attached hydrogens (tertiary/aromatic N) is 1. The van der Waals surface area contributed by atoms with Gasteiger partial charge in [0.15, 0.2) is 0 Å². The molecule has 0 aromatic heterocycles. The first-order valence-corrected chi connectivity index (χ1v) is 8.08. The van der Waals surface area contributed by atoms with Crippen molar-refractivity contribution in [3.8, 4) is 0 Å². The van der Waals surface area contributed by atoms with Crippen molar-refractivity contribution >= 4 is 10.0 Å². The number of hydrogen-bond donors (Lipinski definition) is 2. The number of nitrogens with two attached hydrogens (primary N) is 1. The van der Waals surface area contributed by atoms with Crippen LogP contribution in [0.25, 0.3) is 0 Å². The molecular weight excluding hydrogens is 262 g/mol. The van der Waals surface area contributed by atoms with Crippen molar-refractivity contribution in [2.45, 2.75) is 37.6 Å². The van der Waals surface area contributed by atoms with Gasteiger partial charge in [-0.25, -0.2) is 13.4 Å². The molecule has 0 radical (unpaired) electrons. The Morgan fingerprint density at radius 1 is 1.26 bits per heavy atom. The van der Waals surface area contributed by atoms with Crippen LogP contribution in [0.2, 0.25) is 0 Å². The van der Waals surface area contributed by atoms with Crippen LogP contribution >= 0.6 is 0 Å². The third-order valence-corrected chi connectivity index (χ3v) is 4.83. The highest BCUT2D eigenvalue weighted by Crippen LogP contribution is 2.16. The molecular formula is C13H21N3O2S. The van der Waals surface area contributed by atoms with Crippen molar-refractivity contribution in [2.24, 2.45) is 5.73 Å². The van der Waals surface area contributed by atoms with Gasteiger partial charge in [0.1, 0.15) is 0 Å². The zero-order valence-corrected chi connectivity index (χ0v) is 12.0. The number of benzene rings is 1. The molecule has 0 atom stereocenters. The van der Waals surface area contributed by atoms with Crippen LogP contribution in [-0.4, -0.2) is 26.5 Å². The van der Waals surface area contributed by atoms with E-state index in [4.69, 9.17) is 5.73 Å². The van der Waals surface area contributed by atoms with Crippen molar-refractivity contribution < 1.29 is 8.42 Å². The lowest BCUT2D eigenvalue weighted by Gasteiger charge is -2.26. The van der Waals surface area contributed by atoms with Crippen LogP contribution in [-0.2, 0) is 16.6 Å². The van der Waals surface area contributed by atoms with Crippen LogP contribution in [0.5, 0.6) is 0 Å². The SMILES string of the molecule is Cc1ccc(S(=O)(=O)NN2CCCCC2)cc1CN. The Kier molecular flexibility index (Phi) is 4.57. The Morgan fingerprint density at radius 2 is 1.95 bits per heavy atom. The molecule has 1 aliphatic heterocycles. The summed E-state index contributed by atoms with van der Waals surface area (Å²) >= 11 is 0. The van der Waals surface area contributed by atoms with E-state index < -0.39 is 10.0 Å². The Balaban J connectivity index is 2.18. The quantitative estimate of drug-likeness (QED) is 0.868. The maximum absolute atomic E-state index is 12.3. The van der Waals surface area contributed by atoms with Gasteiger partial charge in [-0.2, -0.15) is 0 Å². The number of hydrogen-bond acceptors (Lipinski definition) is 4. The van der Waals surface area contributed by atoms with Gasteiger partial charge in [0.25, 0.3) is 10.0 Å². The summed E-state index contributed by atoms with van der Waals surface area (Å²) in [6, 6.07) is 5.08. The summed E-state index contributed by atoms with van der Waals surface area (Å²) in [5, 5.41) is 1.78. The second-order valence-corrected chi connectivity index (χ2v) is 6.60. The summed E-state index contributed by atoms with van der Waals surface area (Å²) in [6.45, 7) is 3.82. The second-order valence-electron chi connectivity index (χ2n) is 4.93. The number of aryl methyl sites for hydroxylation is 1. The van der Waals surface area contributed by atoms with Gasteiger partial charge in [0, 0.05) is 19.6 Å². The molecule has 106 valence electrons. The van der Waals surface area contributed by atoms with Crippen molar-refractivity contribution in [1.82, 2.24) is 9.84 Å². The fourth-order valence-corrected chi connectivity index (χ4v) is 3.42. The molecule has 0 aliphatic carbocycles. The first kappa shape index (κ1) is 14.5. The van der Waals surface area contributed by atoms with Gasteiger partial charge in [-0.1, -0.05) is 12.5 Å². The number of nitrogens with one attached hydrogen (secondary N) is 1. The standard InChI is InChI=1S/C13H21N3O2S/c1-11-5-6-13(9-12(11)10-14)19(17,18)15-16-7-3-2-4-8-16/h5-6,9,15H,2-4,7-8,10,14H2,1H3. The zero-order chi connectivity index (χ0) is 13.9.